The van der Waals surface area contributed by atoms with Gasteiger partial charge in [-0.15, -0.1) is 0 Å². The van der Waals surface area contributed by atoms with E-state index in [-0.39, 0.29) is 5.91 Å². The molecular formula is C16H16ClNO3. The third-order valence-electron chi connectivity index (χ3n) is 2.75. The summed E-state index contributed by atoms with van der Waals surface area (Å²) in [4.78, 5) is 12.1. The Morgan fingerprint density at radius 3 is 2.62 bits per heavy atom. The summed E-state index contributed by atoms with van der Waals surface area (Å²) < 4.78 is 10.4. The van der Waals surface area contributed by atoms with Crippen LogP contribution in [0.5, 0.6) is 5.75 Å². The van der Waals surface area contributed by atoms with Gasteiger partial charge in [-0.05, 0) is 36.4 Å². The van der Waals surface area contributed by atoms with Gasteiger partial charge in [0.2, 0.25) is 0 Å². The van der Waals surface area contributed by atoms with Crippen molar-refractivity contribution in [2.24, 2.45) is 0 Å². The normalized spacial score (nSPS) is 10.2. The highest BCUT2D eigenvalue weighted by atomic mass is 35.5. The van der Waals surface area contributed by atoms with Crippen LogP contribution in [0.2, 0.25) is 5.02 Å². The van der Waals surface area contributed by atoms with Crippen molar-refractivity contribution in [3.63, 3.8) is 0 Å². The number of carbonyl (C=O) groups excluding carboxylic acids is 1. The van der Waals surface area contributed by atoms with E-state index in [1.807, 2.05) is 12.1 Å². The average Bonchev–Trinajstić information content (AvgIpc) is 2.48. The van der Waals surface area contributed by atoms with E-state index in [1.165, 1.54) is 0 Å². The molecule has 2 rings (SSSR count). The molecule has 110 valence electrons. The lowest BCUT2D eigenvalue weighted by molar-refractivity contribution is 0.102. The first-order chi connectivity index (χ1) is 10.2. The summed E-state index contributed by atoms with van der Waals surface area (Å²) in [5, 5.41) is 3.41. The molecule has 0 saturated heterocycles. The molecule has 0 radical (unpaired) electrons. The summed E-state index contributed by atoms with van der Waals surface area (Å²) in [6.07, 6.45) is 0. The number of hydrogen-bond acceptors (Lipinski definition) is 3. The van der Waals surface area contributed by atoms with Crippen molar-refractivity contribution < 1.29 is 14.3 Å². The summed E-state index contributed by atoms with van der Waals surface area (Å²) in [6, 6.07) is 13.9. The fourth-order valence-corrected chi connectivity index (χ4v) is 1.84. The monoisotopic (exact) mass is 305 g/mol. The van der Waals surface area contributed by atoms with Gasteiger partial charge in [0.1, 0.15) is 12.4 Å². The number of nitrogens with one attached hydrogen (secondary N) is 1. The molecule has 0 aliphatic carbocycles. The number of benzene rings is 2. The summed E-state index contributed by atoms with van der Waals surface area (Å²) in [7, 11) is 1.62. The van der Waals surface area contributed by atoms with Gasteiger partial charge in [0.05, 0.1) is 6.61 Å². The van der Waals surface area contributed by atoms with Crippen LogP contribution in [0.15, 0.2) is 48.5 Å². The lowest BCUT2D eigenvalue weighted by Crippen LogP contribution is -2.12. The molecule has 0 saturated carbocycles. The van der Waals surface area contributed by atoms with Gasteiger partial charge in [0, 0.05) is 29.4 Å². The van der Waals surface area contributed by atoms with E-state index in [4.69, 9.17) is 21.1 Å². The largest absolute Gasteiger partial charge is 0.491 e. The molecule has 1 amide bonds. The fraction of sp³-hybridized carbons (Fsp3) is 0.188. The number of ether oxygens (including phenoxy) is 2. The van der Waals surface area contributed by atoms with Gasteiger partial charge in [-0.1, -0.05) is 17.7 Å². The molecule has 0 aliphatic heterocycles. The van der Waals surface area contributed by atoms with Crippen LogP contribution in [0.25, 0.3) is 0 Å². The third-order valence-corrected chi connectivity index (χ3v) is 3.01. The van der Waals surface area contributed by atoms with Crippen molar-refractivity contribution in [2.75, 3.05) is 25.6 Å². The van der Waals surface area contributed by atoms with E-state index in [2.05, 4.69) is 5.32 Å². The highest BCUT2D eigenvalue weighted by Gasteiger charge is 2.06. The summed E-state index contributed by atoms with van der Waals surface area (Å²) in [6.45, 7) is 0.979. The van der Waals surface area contributed by atoms with Crippen molar-refractivity contribution in [3.05, 3.63) is 59.1 Å². The molecule has 1 N–H and O–H groups in total. The number of hydrogen-bond donors (Lipinski definition) is 1. The quantitative estimate of drug-likeness (QED) is 0.829. The van der Waals surface area contributed by atoms with Crippen molar-refractivity contribution >= 4 is 23.2 Å². The number of carbonyl (C=O) groups is 1. The Morgan fingerprint density at radius 2 is 1.90 bits per heavy atom. The molecule has 5 heteroatoms. The molecule has 0 atom stereocenters. The van der Waals surface area contributed by atoms with Crippen molar-refractivity contribution in [2.45, 2.75) is 0 Å². The van der Waals surface area contributed by atoms with Crippen LogP contribution in [0.3, 0.4) is 0 Å². The molecule has 2 aromatic rings. The van der Waals surface area contributed by atoms with Crippen LogP contribution < -0.4 is 10.1 Å². The summed E-state index contributed by atoms with van der Waals surface area (Å²) >= 11 is 5.80. The van der Waals surface area contributed by atoms with Crippen molar-refractivity contribution in [1.29, 1.82) is 0 Å². The lowest BCUT2D eigenvalue weighted by Gasteiger charge is -2.09. The molecule has 0 bridgehead atoms. The molecule has 0 heterocycles. The minimum absolute atomic E-state index is 0.194. The molecular weight excluding hydrogens is 290 g/mol. The van der Waals surface area contributed by atoms with E-state index in [0.717, 1.165) is 0 Å². The zero-order valence-electron chi connectivity index (χ0n) is 11.6. The topological polar surface area (TPSA) is 47.6 Å². The van der Waals surface area contributed by atoms with Crippen LogP contribution in [-0.4, -0.2) is 26.2 Å². The minimum Gasteiger partial charge on any atom is -0.491 e. The molecule has 2 aromatic carbocycles. The Kier molecular flexibility index (Phi) is 5.60. The molecule has 0 unspecified atom stereocenters. The van der Waals surface area contributed by atoms with Crippen LogP contribution in [-0.2, 0) is 4.74 Å². The number of anilines is 1. The molecule has 4 nitrogen and oxygen atoms in total. The maximum Gasteiger partial charge on any atom is 0.255 e. The van der Waals surface area contributed by atoms with Gasteiger partial charge >= 0.3 is 0 Å². The van der Waals surface area contributed by atoms with Crippen LogP contribution >= 0.6 is 11.6 Å². The van der Waals surface area contributed by atoms with Crippen LogP contribution in [0.4, 0.5) is 5.69 Å². The smallest absolute Gasteiger partial charge is 0.255 e. The maximum atomic E-state index is 12.1. The molecule has 21 heavy (non-hydrogen) atoms. The Balaban J connectivity index is 2.00. The predicted molar refractivity (Wildman–Crippen MR) is 83.2 cm³/mol. The second-order valence-corrected chi connectivity index (χ2v) is 4.77. The highest BCUT2D eigenvalue weighted by molar-refractivity contribution is 6.30. The predicted octanol–water partition coefficient (Wildman–Crippen LogP) is 3.62. The molecule has 0 aliphatic rings. The van der Waals surface area contributed by atoms with E-state index in [1.54, 1.807) is 43.5 Å². The third kappa shape index (κ3) is 4.77. The zero-order valence-corrected chi connectivity index (χ0v) is 12.4. The van der Waals surface area contributed by atoms with Crippen LogP contribution in [0, 0.1) is 0 Å². The standard InChI is InChI=1S/C16H16ClNO3/c1-20-9-10-21-15-4-2-3-14(11-15)18-16(19)12-5-7-13(17)8-6-12/h2-8,11H,9-10H2,1H3,(H,18,19). The van der Waals surface area contributed by atoms with Gasteiger partial charge in [-0.3, -0.25) is 4.79 Å². The Labute approximate surface area is 128 Å². The minimum atomic E-state index is -0.194. The first-order valence-corrected chi connectivity index (χ1v) is 6.85. The van der Waals surface area contributed by atoms with Gasteiger partial charge in [-0.2, -0.15) is 0 Å². The van der Waals surface area contributed by atoms with Gasteiger partial charge < -0.3 is 14.8 Å². The van der Waals surface area contributed by atoms with E-state index < -0.39 is 0 Å². The van der Waals surface area contributed by atoms with E-state index in [9.17, 15) is 4.79 Å². The summed E-state index contributed by atoms with van der Waals surface area (Å²) in [5.74, 6) is 0.488. The first kappa shape index (κ1) is 15.4. The maximum absolute atomic E-state index is 12.1. The fourth-order valence-electron chi connectivity index (χ4n) is 1.71. The SMILES string of the molecule is COCCOc1cccc(NC(=O)c2ccc(Cl)cc2)c1. The highest BCUT2D eigenvalue weighted by Crippen LogP contribution is 2.18. The number of halogens is 1. The Morgan fingerprint density at radius 1 is 1.14 bits per heavy atom. The second-order valence-electron chi connectivity index (χ2n) is 4.33. The van der Waals surface area contributed by atoms with Gasteiger partial charge in [0.25, 0.3) is 5.91 Å². The number of amides is 1. The zero-order chi connectivity index (χ0) is 15.1. The molecule has 0 aromatic heterocycles. The Hall–Kier alpha value is -2.04. The number of methoxy groups -OCH3 is 1. The van der Waals surface area contributed by atoms with Crippen molar-refractivity contribution in [1.82, 2.24) is 0 Å². The van der Waals surface area contributed by atoms with Gasteiger partial charge in [-0.25, -0.2) is 0 Å². The van der Waals surface area contributed by atoms with Crippen LogP contribution in [0.1, 0.15) is 10.4 Å². The van der Waals surface area contributed by atoms with Crippen molar-refractivity contribution in [3.8, 4) is 5.75 Å². The lowest BCUT2D eigenvalue weighted by atomic mass is 10.2. The molecule has 0 fully saturated rings. The first-order valence-electron chi connectivity index (χ1n) is 6.48. The van der Waals surface area contributed by atoms with E-state index >= 15 is 0 Å². The average molecular weight is 306 g/mol. The van der Waals surface area contributed by atoms with Gasteiger partial charge in [0.15, 0.2) is 0 Å². The molecule has 0 spiro atoms. The number of rotatable bonds is 6. The Bertz CT molecular complexity index is 599. The summed E-state index contributed by atoms with van der Waals surface area (Å²) in [5.41, 5.74) is 1.22. The van der Waals surface area contributed by atoms with E-state index in [0.29, 0.717) is 35.2 Å². The second kappa shape index (κ2) is 7.67.